The first-order valence-corrected chi connectivity index (χ1v) is 3.20. The highest BCUT2D eigenvalue weighted by atomic mass is 19.3. The number of alkyl halides is 3. The van der Waals surface area contributed by atoms with Crippen LogP contribution in [0.1, 0.15) is 17.7 Å². The van der Waals surface area contributed by atoms with Crippen LogP contribution in [0.2, 0.25) is 0 Å². The van der Waals surface area contributed by atoms with Crippen molar-refractivity contribution < 1.29 is 13.2 Å². The van der Waals surface area contributed by atoms with Crippen LogP contribution >= 0.6 is 0 Å². The minimum atomic E-state index is -2.77. The third-order valence-corrected chi connectivity index (χ3v) is 1.31. The summed E-state index contributed by atoms with van der Waals surface area (Å²) >= 11 is 0. The maximum Gasteiger partial charge on any atom is 0.278 e. The van der Waals surface area contributed by atoms with Crippen LogP contribution in [0.3, 0.4) is 0 Å². The zero-order valence-electron chi connectivity index (χ0n) is 5.98. The molecule has 0 saturated heterocycles. The summed E-state index contributed by atoms with van der Waals surface area (Å²) in [6.45, 7) is -0.913. The first-order valence-electron chi connectivity index (χ1n) is 3.20. The van der Waals surface area contributed by atoms with Crippen LogP contribution in [0.4, 0.5) is 13.2 Å². The molecule has 0 radical (unpaired) electrons. The molecule has 0 atom stereocenters. The molecule has 1 aromatic heterocycles. The van der Waals surface area contributed by atoms with Gasteiger partial charge in [-0.1, -0.05) is 0 Å². The Bertz CT molecular complexity index is 321. The van der Waals surface area contributed by atoms with E-state index in [9.17, 15) is 18.0 Å². The van der Waals surface area contributed by atoms with Crippen molar-refractivity contribution in [2.24, 2.45) is 0 Å². The maximum absolute atomic E-state index is 12.0. The molecule has 1 N–H and O–H groups in total. The topological polar surface area (TPSA) is 32.9 Å². The Hall–Kier alpha value is -1.26. The van der Waals surface area contributed by atoms with Crippen LogP contribution in [0, 0.1) is 0 Å². The summed E-state index contributed by atoms with van der Waals surface area (Å²) in [5.41, 5.74) is -1.29. The number of nitrogens with one attached hydrogen (secondary N) is 1. The highest BCUT2D eigenvalue weighted by Crippen LogP contribution is 2.15. The van der Waals surface area contributed by atoms with Crippen molar-refractivity contribution in [2.45, 2.75) is 13.1 Å². The maximum atomic E-state index is 12.0. The molecule has 1 heterocycles. The highest BCUT2D eigenvalue weighted by molar-refractivity contribution is 5.16. The summed E-state index contributed by atoms with van der Waals surface area (Å²) in [4.78, 5) is 12.5. The third-order valence-electron chi connectivity index (χ3n) is 1.31. The van der Waals surface area contributed by atoms with E-state index in [1.807, 2.05) is 4.98 Å². The number of halogens is 3. The van der Waals surface area contributed by atoms with Crippen molar-refractivity contribution in [1.29, 1.82) is 0 Å². The summed E-state index contributed by atoms with van der Waals surface area (Å²) in [7, 11) is 0. The fourth-order valence-corrected chi connectivity index (χ4v) is 0.819. The van der Waals surface area contributed by atoms with E-state index < -0.39 is 24.4 Å². The van der Waals surface area contributed by atoms with Gasteiger partial charge in [0, 0.05) is 6.07 Å². The van der Waals surface area contributed by atoms with E-state index in [1.54, 1.807) is 0 Å². The van der Waals surface area contributed by atoms with Crippen molar-refractivity contribution in [3.63, 3.8) is 0 Å². The van der Waals surface area contributed by atoms with Gasteiger partial charge in [-0.25, -0.2) is 13.2 Å². The molecular formula is C7H6F3NO. The van der Waals surface area contributed by atoms with Crippen molar-refractivity contribution in [1.82, 2.24) is 4.98 Å². The molecule has 0 fully saturated rings. The molecule has 1 rings (SSSR count). The number of pyridine rings is 1. The second-order valence-electron chi connectivity index (χ2n) is 2.24. The molecule has 0 amide bonds. The zero-order chi connectivity index (χ0) is 9.14. The quantitative estimate of drug-likeness (QED) is 0.733. The molecule has 0 spiro atoms. The van der Waals surface area contributed by atoms with Crippen molar-refractivity contribution >= 4 is 0 Å². The second-order valence-corrected chi connectivity index (χ2v) is 2.24. The van der Waals surface area contributed by atoms with Crippen molar-refractivity contribution in [3.05, 3.63) is 33.7 Å². The molecular weight excluding hydrogens is 171 g/mol. The van der Waals surface area contributed by atoms with Crippen LogP contribution < -0.4 is 5.56 Å². The van der Waals surface area contributed by atoms with Gasteiger partial charge in [-0.2, -0.15) is 0 Å². The lowest BCUT2D eigenvalue weighted by Gasteiger charge is -1.99. The summed E-state index contributed by atoms with van der Waals surface area (Å²) in [6, 6.07) is 1.89. The van der Waals surface area contributed by atoms with Gasteiger partial charge in [0.1, 0.15) is 6.67 Å². The molecule has 0 aliphatic rings. The summed E-state index contributed by atoms with van der Waals surface area (Å²) in [5, 5.41) is 0. The molecule has 66 valence electrons. The number of rotatable bonds is 2. The summed E-state index contributed by atoms with van der Waals surface area (Å²) in [5.74, 6) is 0. The Labute approximate surface area is 66.0 Å². The Balaban J connectivity index is 3.15. The fraction of sp³-hybridized carbons (Fsp3) is 0.286. The smallest absolute Gasteiger partial charge is 0.278 e. The van der Waals surface area contributed by atoms with Crippen LogP contribution in [-0.2, 0) is 6.67 Å². The lowest BCUT2D eigenvalue weighted by atomic mass is 10.2. The normalized spacial score (nSPS) is 10.7. The molecule has 0 aromatic carbocycles. The Kier molecular flexibility index (Phi) is 2.52. The largest absolute Gasteiger partial charge is 0.321 e. The number of aromatic nitrogens is 1. The Morgan fingerprint density at radius 3 is 2.58 bits per heavy atom. The highest BCUT2D eigenvalue weighted by Gasteiger charge is 2.08. The second kappa shape index (κ2) is 3.42. The van der Waals surface area contributed by atoms with Crippen LogP contribution in [0.15, 0.2) is 16.9 Å². The average molecular weight is 177 g/mol. The van der Waals surface area contributed by atoms with Crippen molar-refractivity contribution in [3.8, 4) is 0 Å². The predicted molar refractivity (Wildman–Crippen MR) is 36.8 cm³/mol. The standard InChI is InChI=1S/C7H6F3NO/c8-3-4-1-5(7(9)10)11-6(12)2-4/h1-2,7H,3H2,(H,11,12). The van der Waals surface area contributed by atoms with Gasteiger partial charge in [0.05, 0.1) is 5.69 Å². The summed E-state index contributed by atoms with van der Waals surface area (Å²) in [6.07, 6.45) is -2.77. The van der Waals surface area contributed by atoms with Gasteiger partial charge in [-0.15, -0.1) is 0 Å². The van der Waals surface area contributed by atoms with Crippen LogP contribution in [0.25, 0.3) is 0 Å². The molecule has 1 aromatic rings. The van der Waals surface area contributed by atoms with E-state index in [2.05, 4.69) is 0 Å². The van der Waals surface area contributed by atoms with Gasteiger partial charge in [0.25, 0.3) is 6.43 Å². The number of hydrogen-bond donors (Lipinski definition) is 1. The van der Waals surface area contributed by atoms with E-state index in [1.165, 1.54) is 0 Å². The number of aromatic amines is 1. The summed E-state index contributed by atoms with van der Waals surface area (Å²) < 4.78 is 35.9. The monoisotopic (exact) mass is 177 g/mol. The molecule has 0 aliphatic carbocycles. The van der Waals surface area contributed by atoms with Gasteiger partial charge in [-0.05, 0) is 11.6 Å². The van der Waals surface area contributed by atoms with Crippen molar-refractivity contribution in [2.75, 3.05) is 0 Å². The molecule has 0 saturated carbocycles. The average Bonchev–Trinajstić information content (AvgIpc) is 2.03. The Morgan fingerprint density at radius 1 is 1.42 bits per heavy atom. The van der Waals surface area contributed by atoms with E-state index in [0.29, 0.717) is 0 Å². The first kappa shape index (κ1) is 8.83. The molecule has 2 nitrogen and oxygen atoms in total. The van der Waals surface area contributed by atoms with E-state index in [-0.39, 0.29) is 5.56 Å². The first-order chi connectivity index (χ1) is 5.63. The molecule has 0 bridgehead atoms. The lowest BCUT2D eigenvalue weighted by molar-refractivity contribution is 0.145. The third kappa shape index (κ3) is 1.87. The lowest BCUT2D eigenvalue weighted by Crippen LogP contribution is -2.09. The Morgan fingerprint density at radius 2 is 2.08 bits per heavy atom. The molecule has 0 aliphatic heterocycles. The minimum Gasteiger partial charge on any atom is -0.321 e. The van der Waals surface area contributed by atoms with Crippen LogP contribution in [0.5, 0.6) is 0 Å². The number of H-pyrrole nitrogens is 1. The number of hydrogen-bond acceptors (Lipinski definition) is 1. The van der Waals surface area contributed by atoms with E-state index >= 15 is 0 Å². The van der Waals surface area contributed by atoms with Gasteiger partial charge >= 0.3 is 0 Å². The van der Waals surface area contributed by atoms with Crippen LogP contribution in [-0.4, -0.2) is 4.98 Å². The molecule has 12 heavy (non-hydrogen) atoms. The van der Waals surface area contributed by atoms with Gasteiger partial charge in [0.15, 0.2) is 0 Å². The van der Waals surface area contributed by atoms with E-state index in [4.69, 9.17) is 0 Å². The van der Waals surface area contributed by atoms with E-state index in [0.717, 1.165) is 12.1 Å². The van der Waals surface area contributed by atoms with Gasteiger partial charge < -0.3 is 4.98 Å². The van der Waals surface area contributed by atoms with Gasteiger partial charge in [-0.3, -0.25) is 4.79 Å². The predicted octanol–water partition coefficient (Wildman–Crippen LogP) is 1.78. The zero-order valence-corrected chi connectivity index (χ0v) is 5.98. The fourth-order valence-electron chi connectivity index (χ4n) is 0.819. The SMILES string of the molecule is O=c1cc(CF)cc(C(F)F)[nH]1. The van der Waals surface area contributed by atoms with Gasteiger partial charge in [0.2, 0.25) is 5.56 Å². The molecule has 5 heteroatoms. The molecule has 0 unspecified atom stereocenters. The minimum absolute atomic E-state index is 0.0333.